The van der Waals surface area contributed by atoms with Gasteiger partial charge in [-0.3, -0.25) is 24.1 Å². The Balaban J connectivity index is 1.23. The average Bonchev–Trinajstić information content (AvgIpc) is 3.18. The van der Waals surface area contributed by atoms with Crippen molar-refractivity contribution in [2.75, 3.05) is 37.8 Å². The van der Waals surface area contributed by atoms with Gasteiger partial charge in [-0.25, -0.2) is 18.5 Å². The molecule has 7 rings (SSSR count). The second kappa shape index (κ2) is 15.2. The maximum absolute atomic E-state index is 15.7. The number of nitrogens with zero attached hydrogens (tertiary/aromatic N) is 5. The highest BCUT2D eigenvalue weighted by atomic mass is 19.1. The van der Waals surface area contributed by atoms with Gasteiger partial charge in [0.15, 0.2) is 0 Å². The number of hydrogen-bond donors (Lipinski definition) is 1. The highest BCUT2D eigenvalue weighted by molar-refractivity contribution is 5.99. The predicted molar refractivity (Wildman–Crippen MR) is 198 cm³/mol. The van der Waals surface area contributed by atoms with E-state index in [0.29, 0.717) is 71.3 Å². The smallest absolute Gasteiger partial charge is 0.335 e. The Morgan fingerprint density at radius 1 is 0.981 bits per heavy atom. The van der Waals surface area contributed by atoms with Crippen molar-refractivity contribution in [2.24, 2.45) is 7.05 Å². The summed E-state index contributed by atoms with van der Waals surface area (Å²) in [5, 5.41) is 3.59. The number of aryl methyl sites for hydroxylation is 2. The second-order valence-corrected chi connectivity index (χ2v) is 12.9. The molecule has 1 saturated heterocycles. The van der Waals surface area contributed by atoms with Crippen molar-refractivity contribution in [1.29, 1.82) is 0 Å². The largest absolute Gasteiger partial charge is 0.464 e. The zero-order valence-electron chi connectivity index (χ0n) is 29.3. The van der Waals surface area contributed by atoms with Crippen molar-refractivity contribution >= 4 is 39.4 Å². The van der Waals surface area contributed by atoms with Crippen molar-refractivity contribution in [3.8, 4) is 5.69 Å². The van der Waals surface area contributed by atoms with E-state index in [1.165, 1.54) is 23.0 Å². The molecule has 3 aromatic carbocycles. The molecule has 0 spiro atoms. The van der Waals surface area contributed by atoms with Crippen LogP contribution < -0.4 is 21.5 Å². The van der Waals surface area contributed by atoms with Crippen LogP contribution in [0, 0.1) is 12.7 Å². The van der Waals surface area contributed by atoms with E-state index in [-0.39, 0.29) is 24.3 Å². The normalized spacial score (nSPS) is 13.6. The Morgan fingerprint density at radius 3 is 2.55 bits per heavy atom. The maximum atomic E-state index is 15.7. The molecule has 0 bridgehead atoms. The summed E-state index contributed by atoms with van der Waals surface area (Å²) in [7, 11) is 1.56. The Kier molecular flexibility index (Phi) is 10.1. The SMILES string of the molecule is Cc1cc(N2CCOCC2)cc(F)c1C(=O)N[C@@H](Cc1ccc(-n2c(=O)c3ccncc3n(C)c2=O)c2ncccc12)C(=O)OCCc1ccccc1. The lowest BCUT2D eigenvalue weighted by atomic mass is 9.99. The number of fused-ring (bicyclic) bond motifs is 2. The molecule has 6 aromatic rings. The third-order valence-electron chi connectivity index (χ3n) is 9.52. The van der Waals surface area contributed by atoms with Gasteiger partial charge < -0.3 is 19.7 Å². The molecule has 4 heterocycles. The Hall–Kier alpha value is -6.21. The van der Waals surface area contributed by atoms with Gasteiger partial charge in [-0.1, -0.05) is 42.5 Å². The average molecular weight is 717 g/mol. The van der Waals surface area contributed by atoms with Crippen LogP contribution in [0.1, 0.15) is 27.0 Å². The number of aromatic nitrogens is 4. The number of anilines is 1. The van der Waals surface area contributed by atoms with Crippen molar-refractivity contribution in [3.05, 3.63) is 140 Å². The van der Waals surface area contributed by atoms with Crippen LogP contribution in [0.15, 0.2) is 101 Å². The van der Waals surface area contributed by atoms with Crippen molar-refractivity contribution in [3.63, 3.8) is 0 Å². The molecule has 1 atom stereocenters. The summed E-state index contributed by atoms with van der Waals surface area (Å²) in [6.07, 6.45) is 4.88. The van der Waals surface area contributed by atoms with Gasteiger partial charge in [0.1, 0.15) is 11.9 Å². The summed E-state index contributed by atoms with van der Waals surface area (Å²) in [4.78, 5) is 65.4. The molecule has 53 heavy (non-hydrogen) atoms. The third-order valence-corrected chi connectivity index (χ3v) is 9.52. The maximum Gasteiger partial charge on any atom is 0.335 e. The van der Waals surface area contributed by atoms with E-state index in [1.54, 1.807) is 56.6 Å². The molecular weight excluding hydrogens is 679 g/mol. The van der Waals surface area contributed by atoms with Crippen molar-refractivity contribution in [1.82, 2.24) is 24.4 Å². The first-order chi connectivity index (χ1) is 25.7. The first kappa shape index (κ1) is 35.2. The van der Waals surface area contributed by atoms with Gasteiger partial charge in [-0.05, 0) is 53.9 Å². The molecule has 0 unspecified atom stereocenters. The van der Waals surface area contributed by atoms with Crippen LogP contribution >= 0.6 is 0 Å². The molecule has 270 valence electrons. The van der Waals surface area contributed by atoms with Crippen molar-refractivity contribution < 1.29 is 23.5 Å². The third kappa shape index (κ3) is 7.15. The van der Waals surface area contributed by atoms with E-state index >= 15 is 4.39 Å². The van der Waals surface area contributed by atoms with E-state index in [4.69, 9.17) is 9.47 Å². The van der Waals surface area contributed by atoms with Crippen LogP contribution in [0.4, 0.5) is 10.1 Å². The minimum absolute atomic E-state index is 0.0544. The quantitative estimate of drug-likeness (QED) is 0.208. The van der Waals surface area contributed by atoms with Crippen LogP contribution in [-0.4, -0.2) is 69.9 Å². The number of carbonyl (C=O) groups excluding carboxylic acids is 2. The van der Waals surface area contributed by atoms with Crippen LogP contribution in [0.5, 0.6) is 0 Å². The van der Waals surface area contributed by atoms with Crippen LogP contribution in [-0.2, 0) is 34.2 Å². The molecule has 1 aliphatic heterocycles. The van der Waals surface area contributed by atoms with Gasteiger partial charge in [0, 0.05) is 56.4 Å². The second-order valence-electron chi connectivity index (χ2n) is 12.9. The van der Waals surface area contributed by atoms with E-state index in [0.717, 1.165) is 10.1 Å². The number of esters is 1. The van der Waals surface area contributed by atoms with E-state index in [9.17, 15) is 19.2 Å². The van der Waals surface area contributed by atoms with Crippen LogP contribution in [0.2, 0.25) is 0 Å². The van der Waals surface area contributed by atoms with E-state index in [1.807, 2.05) is 35.2 Å². The Labute approximate surface area is 303 Å². The number of pyridine rings is 2. The minimum atomic E-state index is -1.23. The molecule has 0 saturated carbocycles. The highest BCUT2D eigenvalue weighted by Gasteiger charge is 2.28. The van der Waals surface area contributed by atoms with Crippen molar-refractivity contribution in [2.45, 2.75) is 25.8 Å². The number of morpholine rings is 1. The lowest BCUT2D eigenvalue weighted by Gasteiger charge is -2.29. The van der Waals surface area contributed by atoms with Crippen LogP contribution in [0.3, 0.4) is 0 Å². The predicted octanol–water partition coefficient (Wildman–Crippen LogP) is 4.04. The number of nitrogens with one attached hydrogen (secondary N) is 1. The number of amides is 1. The lowest BCUT2D eigenvalue weighted by Crippen LogP contribution is -2.44. The zero-order valence-corrected chi connectivity index (χ0v) is 29.3. The first-order valence-electron chi connectivity index (χ1n) is 17.3. The number of hydrogen-bond acceptors (Lipinski definition) is 9. The summed E-state index contributed by atoms with van der Waals surface area (Å²) in [5.41, 5.74) is 2.29. The molecule has 12 nitrogen and oxygen atoms in total. The fourth-order valence-electron chi connectivity index (χ4n) is 6.76. The van der Waals surface area contributed by atoms with Gasteiger partial charge in [0.05, 0.1) is 53.7 Å². The fraction of sp³-hybridized carbons (Fsp3) is 0.250. The number of rotatable bonds is 10. The van der Waals surface area contributed by atoms with Gasteiger partial charge in [0.25, 0.3) is 11.5 Å². The zero-order chi connectivity index (χ0) is 37.1. The monoisotopic (exact) mass is 716 g/mol. The molecule has 1 fully saturated rings. The molecule has 1 amide bonds. The standard InChI is InChI=1S/C40H37FN6O6/c1-25-21-28(46-16-19-52-20-17-46)23-31(41)35(25)37(48)44-32(39(50)53-18-13-26-7-4-3-5-8-26)22-27-10-11-33(36-29(27)9-6-14-43-36)47-38(49)30-12-15-42-24-34(30)45(2)40(47)51/h3-12,14-15,21,23-24,32H,13,16-20,22H2,1-2H3,(H,44,48)/t32-/m0/s1. The summed E-state index contributed by atoms with van der Waals surface area (Å²) < 4.78 is 29.2. The molecule has 0 aliphatic carbocycles. The summed E-state index contributed by atoms with van der Waals surface area (Å²) in [6, 6.07) is 19.7. The lowest BCUT2D eigenvalue weighted by molar-refractivity contribution is -0.145. The molecule has 0 radical (unpaired) electrons. The molecule has 13 heteroatoms. The van der Waals surface area contributed by atoms with Gasteiger partial charge >= 0.3 is 11.7 Å². The molecule has 1 aliphatic rings. The summed E-state index contributed by atoms with van der Waals surface area (Å²) in [6.45, 7) is 3.96. The van der Waals surface area contributed by atoms with E-state index < -0.39 is 35.0 Å². The number of carbonyl (C=O) groups is 2. The highest BCUT2D eigenvalue weighted by Crippen LogP contribution is 2.26. The molecule has 1 N–H and O–H groups in total. The molecule has 3 aromatic heterocycles. The summed E-state index contributed by atoms with van der Waals surface area (Å²) >= 11 is 0. The van der Waals surface area contributed by atoms with Gasteiger partial charge in [0.2, 0.25) is 0 Å². The number of benzene rings is 3. The summed E-state index contributed by atoms with van der Waals surface area (Å²) in [5.74, 6) is -2.18. The number of ether oxygens (including phenoxy) is 2. The minimum Gasteiger partial charge on any atom is -0.464 e. The first-order valence-corrected chi connectivity index (χ1v) is 17.3. The Morgan fingerprint density at radius 2 is 1.77 bits per heavy atom. The van der Waals surface area contributed by atoms with Gasteiger partial charge in [-0.15, -0.1) is 0 Å². The molecular formula is C40H37FN6O6. The Bertz CT molecular complexity index is 2440. The van der Waals surface area contributed by atoms with Crippen LogP contribution in [0.25, 0.3) is 27.5 Å². The van der Waals surface area contributed by atoms with E-state index in [2.05, 4.69) is 15.3 Å². The topological polar surface area (TPSA) is 138 Å². The van der Waals surface area contributed by atoms with Gasteiger partial charge in [-0.2, -0.15) is 0 Å². The number of halogens is 1. The fourth-order valence-corrected chi connectivity index (χ4v) is 6.76.